The predicted octanol–water partition coefficient (Wildman–Crippen LogP) is -1.52. The lowest BCUT2D eigenvalue weighted by Crippen LogP contribution is -2.35. The maximum Gasteiger partial charge on any atom is 0.247 e. The van der Waals surface area contributed by atoms with Crippen LogP contribution in [0.3, 0.4) is 0 Å². The Morgan fingerprint density at radius 3 is 2.79 bits per heavy atom. The molecule has 0 saturated carbocycles. The fourth-order valence-corrected chi connectivity index (χ4v) is 0.889. The molecule has 0 aliphatic carbocycles. The minimum Gasteiger partial charge on any atom is -0.330 e. The van der Waals surface area contributed by atoms with E-state index in [4.69, 9.17) is 15.1 Å². The minimum atomic E-state index is -2.10. The highest BCUT2D eigenvalue weighted by Gasteiger charge is 1.90. The molecule has 0 aromatic rings. The molecular formula is C6H18N4O3S. The summed E-state index contributed by atoms with van der Waals surface area (Å²) in [5.41, 5.74) is 7.44. The summed E-state index contributed by atoms with van der Waals surface area (Å²) >= 11 is -2.10. The molecule has 0 rings (SSSR count). The number of hydrazine groups is 1. The zero-order chi connectivity index (χ0) is 10.6. The fourth-order valence-electron chi connectivity index (χ4n) is 0.759. The van der Waals surface area contributed by atoms with Crippen molar-refractivity contribution < 1.29 is 13.6 Å². The van der Waals surface area contributed by atoms with E-state index < -0.39 is 11.3 Å². The highest BCUT2D eigenvalue weighted by molar-refractivity contribution is 7.77. The molecule has 86 valence electrons. The van der Waals surface area contributed by atoms with Crippen LogP contribution in [0.15, 0.2) is 0 Å². The van der Waals surface area contributed by atoms with Crippen molar-refractivity contribution in [1.29, 1.82) is 0 Å². The van der Waals surface area contributed by atoms with Crippen molar-refractivity contribution >= 4 is 11.3 Å². The summed E-state index contributed by atoms with van der Waals surface area (Å²) in [4.78, 5) is 6.72. The van der Waals surface area contributed by atoms with E-state index in [0.717, 1.165) is 19.4 Å². The van der Waals surface area contributed by atoms with Crippen LogP contribution in [0, 0.1) is 0 Å². The first kappa shape index (κ1) is 13.9. The molecule has 0 aliphatic rings. The first-order chi connectivity index (χ1) is 6.77. The normalized spacial score (nSPS) is 13.0. The second kappa shape index (κ2) is 11.0. The summed E-state index contributed by atoms with van der Waals surface area (Å²) in [6.45, 7) is 2.70. The van der Waals surface area contributed by atoms with Crippen LogP contribution in [-0.4, -0.2) is 35.0 Å². The van der Waals surface area contributed by atoms with E-state index in [1.807, 2.05) is 4.83 Å². The van der Waals surface area contributed by atoms with Crippen LogP contribution in [0.4, 0.5) is 0 Å². The Bertz CT molecular complexity index is 149. The molecule has 0 radical (unpaired) electrons. The van der Waals surface area contributed by atoms with Gasteiger partial charge in [0, 0.05) is 6.54 Å². The molecule has 0 aromatic heterocycles. The van der Waals surface area contributed by atoms with Gasteiger partial charge >= 0.3 is 0 Å². The second-order valence-electron chi connectivity index (χ2n) is 2.55. The number of unbranched alkanes of at least 4 members (excludes halogenated alkanes) is 1. The van der Waals surface area contributed by atoms with Crippen LogP contribution in [0.2, 0.25) is 0 Å². The second-order valence-corrected chi connectivity index (χ2v) is 3.25. The summed E-state index contributed by atoms with van der Waals surface area (Å²) in [5.74, 6) is 0. The fraction of sp³-hybridized carbons (Fsp3) is 1.00. The Labute approximate surface area is 86.1 Å². The van der Waals surface area contributed by atoms with Crippen LogP contribution >= 0.6 is 0 Å². The molecule has 1 atom stereocenters. The van der Waals surface area contributed by atoms with E-state index >= 15 is 0 Å². The molecule has 8 heteroatoms. The van der Waals surface area contributed by atoms with Gasteiger partial charge in [0.05, 0.1) is 6.61 Å². The zero-order valence-electron chi connectivity index (χ0n) is 7.99. The van der Waals surface area contributed by atoms with Gasteiger partial charge in [-0.25, -0.2) is 4.21 Å². The van der Waals surface area contributed by atoms with Crippen LogP contribution < -0.4 is 21.5 Å². The van der Waals surface area contributed by atoms with Gasteiger partial charge in [0.15, 0.2) is 0 Å². The van der Waals surface area contributed by atoms with Crippen molar-refractivity contribution in [2.45, 2.75) is 12.8 Å². The van der Waals surface area contributed by atoms with E-state index in [1.165, 1.54) is 0 Å². The Morgan fingerprint density at radius 2 is 2.14 bits per heavy atom. The summed E-state index contributed by atoms with van der Waals surface area (Å²) in [6.07, 6.45) is 2.06. The van der Waals surface area contributed by atoms with E-state index in [2.05, 4.69) is 10.9 Å². The van der Waals surface area contributed by atoms with E-state index in [1.54, 1.807) is 0 Å². The first-order valence-corrected chi connectivity index (χ1v) is 5.52. The largest absolute Gasteiger partial charge is 0.330 e. The average molecular weight is 226 g/mol. The molecule has 1 unspecified atom stereocenters. The van der Waals surface area contributed by atoms with E-state index in [0.29, 0.717) is 19.7 Å². The third-order valence-corrected chi connectivity index (χ3v) is 1.65. The van der Waals surface area contributed by atoms with Gasteiger partial charge in [-0.1, -0.05) is 0 Å². The number of hydrogen-bond donors (Lipinski definition) is 5. The number of nitrogens with one attached hydrogen (secondary N) is 3. The maximum absolute atomic E-state index is 10.0. The third kappa shape index (κ3) is 11.9. The number of rotatable bonds is 10. The topological polar surface area (TPSA) is 109 Å². The van der Waals surface area contributed by atoms with Gasteiger partial charge in [0.2, 0.25) is 11.3 Å². The molecule has 0 bridgehead atoms. The highest BCUT2D eigenvalue weighted by atomic mass is 32.2. The lowest BCUT2D eigenvalue weighted by molar-refractivity contribution is 0.0300. The Balaban J connectivity index is 2.88. The Kier molecular flexibility index (Phi) is 10.9. The molecule has 14 heavy (non-hydrogen) atoms. The third-order valence-electron chi connectivity index (χ3n) is 1.39. The monoisotopic (exact) mass is 226 g/mol. The smallest absolute Gasteiger partial charge is 0.247 e. The summed E-state index contributed by atoms with van der Waals surface area (Å²) in [6, 6.07) is 0. The minimum absolute atomic E-state index is 0.410. The van der Waals surface area contributed by atoms with Gasteiger partial charge in [-0.2, -0.15) is 0 Å². The maximum atomic E-state index is 10.0. The van der Waals surface area contributed by atoms with Crippen molar-refractivity contribution in [2.75, 3.05) is 26.2 Å². The quantitative estimate of drug-likeness (QED) is 0.176. The molecule has 0 heterocycles. The zero-order valence-corrected chi connectivity index (χ0v) is 8.81. The van der Waals surface area contributed by atoms with Gasteiger partial charge in [-0.15, -0.1) is 10.4 Å². The highest BCUT2D eigenvalue weighted by Crippen LogP contribution is 1.81. The molecule has 0 aliphatic heterocycles. The van der Waals surface area contributed by atoms with E-state index in [-0.39, 0.29) is 0 Å². The van der Waals surface area contributed by atoms with E-state index in [9.17, 15) is 4.21 Å². The van der Waals surface area contributed by atoms with Crippen molar-refractivity contribution in [3.05, 3.63) is 0 Å². The average Bonchev–Trinajstić information content (AvgIpc) is 2.15. The standard InChI is InChI=1S/C6H18N4O3S/c7-3-1-2-4-8-5-6-13-9-10-14(11)12/h8-10H,1-7H2,(H,11,12). The van der Waals surface area contributed by atoms with Crippen LogP contribution in [0.25, 0.3) is 0 Å². The first-order valence-electron chi connectivity index (χ1n) is 4.41. The molecule has 0 amide bonds. The molecule has 0 saturated heterocycles. The molecular weight excluding hydrogens is 208 g/mol. The molecule has 0 spiro atoms. The van der Waals surface area contributed by atoms with Gasteiger partial charge < -0.3 is 11.1 Å². The van der Waals surface area contributed by atoms with Crippen molar-refractivity contribution in [3.8, 4) is 0 Å². The van der Waals surface area contributed by atoms with Crippen LogP contribution in [0.1, 0.15) is 12.8 Å². The van der Waals surface area contributed by atoms with Crippen LogP contribution in [-0.2, 0) is 16.1 Å². The summed E-state index contributed by atoms with van der Waals surface area (Å²) < 4.78 is 18.3. The molecule has 0 aromatic carbocycles. The number of nitrogens with two attached hydrogens (primary N) is 1. The Morgan fingerprint density at radius 1 is 1.36 bits per heavy atom. The Hall–Kier alpha value is -0.0900. The van der Waals surface area contributed by atoms with Crippen molar-refractivity contribution in [3.63, 3.8) is 0 Å². The molecule has 7 nitrogen and oxygen atoms in total. The summed E-state index contributed by atoms with van der Waals surface area (Å²) in [7, 11) is 0. The summed E-state index contributed by atoms with van der Waals surface area (Å²) in [5, 5.41) is 3.12. The van der Waals surface area contributed by atoms with Gasteiger partial charge in [0.1, 0.15) is 0 Å². The van der Waals surface area contributed by atoms with Crippen molar-refractivity contribution in [1.82, 2.24) is 15.7 Å². The van der Waals surface area contributed by atoms with Gasteiger partial charge in [-0.3, -0.25) is 9.39 Å². The number of hydrogen-bond acceptors (Lipinski definition) is 5. The van der Waals surface area contributed by atoms with Crippen LogP contribution in [0.5, 0.6) is 0 Å². The lowest BCUT2D eigenvalue weighted by Gasteiger charge is -2.05. The van der Waals surface area contributed by atoms with Gasteiger partial charge in [0.25, 0.3) is 0 Å². The van der Waals surface area contributed by atoms with Gasteiger partial charge in [-0.05, 0) is 25.9 Å². The predicted molar refractivity (Wildman–Crippen MR) is 54.2 cm³/mol. The van der Waals surface area contributed by atoms with Crippen molar-refractivity contribution in [2.24, 2.45) is 5.73 Å². The molecule has 6 N–H and O–H groups in total. The lowest BCUT2D eigenvalue weighted by atomic mass is 10.3. The molecule has 0 fully saturated rings. The SMILES string of the molecule is NCCCCNCCONNS(=O)O.